The van der Waals surface area contributed by atoms with Crippen molar-refractivity contribution in [2.45, 2.75) is 42.9 Å². The maximum atomic E-state index is 12.9. The van der Waals surface area contributed by atoms with Crippen LogP contribution in [0.5, 0.6) is 0 Å². The van der Waals surface area contributed by atoms with Crippen molar-refractivity contribution in [3.8, 4) is 0 Å². The van der Waals surface area contributed by atoms with Crippen LogP contribution in [0.2, 0.25) is 0 Å². The van der Waals surface area contributed by atoms with E-state index in [1.807, 2.05) is 0 Å². The van der Waals surface area contributed by atoms with E-state index >= 15 is 0 Å². The highest BCUT2D eigenvalue weighted by atomic mass is 19.4. The van der Waals surface area contributed by atoms with Gasteiger partial charge in [0.2, 0.25) is 0 Å². The number of carbonyl (C=O) groups is 1. The number of benzene rings is 1. The first kappa shape index (κ1) is 18.2. The van der Waals surface area contributed by atoms with Crippen LogP contribution in [0.25, 0.3) is 0 Å². The third kappa shape index (κ3) is 3.67. The summed E-state index contributed by atoms with van der Waals surface area (Å²) in [5.74, 6) is -0.172. The molecule has 0 unspecified atom stereocenters. The number of methoxy groups -OCH3 is 1. The fourth-order valence-electron chi connectivity index (χ4n) is 3.51. The molecule has 0 bridgehead atoms. The molecule has 1 aromatic carbocycles. The van der Waals surface area contributed by atoms with Crippen molar-refractivity contribution in [2.75, 3.05) is 26.7 Å². The Morgan fingerprint density at radius 1 is 1.24 bits per heavy atom. The number of rotatable bonds is 5. The van der Waals surface area contributed by atoms with Crippen LogP contribution in [0.3, 0.4) is 0 Å². The van der Waals surface area contributed by atoms with Crippen LogP contribution in [-0.2, 0) is 21.1 Å². The second-order valence-corrected chi connectivity index (χ2v) is 6.99. The normalized spacial score (nSPS) is 21.6. The van der Waals surface area contributed by atoms with Crippen LogP contribution < -0.4 is 10.6 Å². The lowest BCUT2D eigenvalue weighted by Gasteiger charge is -2.35. The Kier molecular flexibility index (Phi) is 4.81. The Bertz CT molecular complexity index is 635. The predicted octanol–water partition coefficient (Wildman–Crippen LogP) is 2.62. The molecular formula is C18H23F3N2O2. The summed E-state index contributed by atoms with van der Waals surface area (Å²) in [7, 11) is 1.53. The van der Waals surface area contributed by atoms with Gasteiger partial charge in [-0.3, -0.25) is 4.79 Å². The van der Waals surface area contributed by atoms with Crippen molar-refractivity contribution in [3.05, 3.63) is 35.4 Å². The van der Waals surface area contributed by atoms with Crippen molar-refractivity contribution in [3.63, 3.8) is 0 Å². The van der Waals surface area contributed by atoms with Crippen LogP contribution in [0.4, 0.5) is 13.2 Å². The smallest absolute Gasteiger partial charge is 0.368 e. The van der Waals surface area contributed by atoms with Crippen LogP contribution in [0.15, 0.2) is 24.3 Å². The number of piperidine rings is 1. The molecule has 1 saturated heterocycles. The third-order valence-corrected chi connectivity index (χ3v) is 5.46. The van der Waals surface area contributed by atoms with E-state index < -0.39 is 22.8 Å². The summed E-state index contributed by atoms with van der Waals surface area (Å²) >= 11 is 0. The molecule has 1 aliphatic carbocycles. The standard InChI is InChI=1S/C18H23F3N2O2/c1-25-17(7-9-22-10-8-17)15(24)23-12-16(5-6-16)13-3-2-4-14(11-13)18(19,20)21/h2-4,11,22H,5-10,12H2,1H3,(H,23,24). The highest BCUT2D eigenvalue weighted by molar-refractivity contribution is 5.85. The van der Waals surface area contributed by atoms with E-state index in [9.17, 15) is 18.0 Å². The number of alkyl halides is 3. The summed E-state index contributed by atoms with van der Waals surface area (Å²) in [5, 5.41) is 6.12. The van der Waals surface area contributed by atoms with E-state index in [1.165, 1.54) is 19.2 Å². The van der Waals surface area contributed by atoms with Crippen LogP contribution in [0, 0.1) is 0 Å². The predicted molar refractivity (Wildman–Crippen MR) is 87.2 cm³/mol. The molecule has 2 aliphatic rings. The first-order chi connectivity index (χ1) is 11.8. The number of ether oxygens (including phenoxy) is 1. The highest BCUT2D eigenvalue weighted by Gasteiger charge is 2.47. The Morgan fingerprint density at radius 3 is 2.48 bits per heavy atom. The first-order valence-corrected chi connectivity index (χ1v) is 8.53. The molecule has 1 aromatic rings. The third-order valence-electron chi connectivity index (χ3n) is 5.46. The summed E-state index contributed by atoms with van der Waals surface area (Å²) in [6.45, 7) is 1.76. The molecule has 1 amide bonds. The van der Waals surface area contributed by atoms with Gasteiger partial charge in [0, 0.05) is 19.1 Å². The molecule has 0 radical (unpaired) electrons. The number of amides is 1. The van der Waals surface area contributed by atoms with Gasteiger partial charge >= 0.3 is 6.18 Å². The van der Waals surface area contributed by atoms with Gasteiger partial charge in [-0.25, -0.2) is 0 Å². The summed E-state index contributed by atoms with van der Waals surface area (Å²) in [5.41, 5.74) is -1.23. The summed E-state index contributed by atoms with van der Waals surface area (Å²) in [4.78, 5) is 12.6. The molecule has 4 nitrogen and oxygen atoms in total. The Labute approximate surface area is 145 Å². The van der Waals surface area contributed by atoms with Crippen molar-refractivity contribution in [1.82, 2.24) is 10.6 Å². The summed E-state index contributed by atoms with van der Waals surface area (Å²) < 4.78 is 44.3. The van der Waals surface area contributed by atoms with Gasteiger partial charge in [-0.15, -0.1) is 0 Å². The van der Waals surface area contributed by atoms with Crippen molar-refractivity contribution < 1.29 is 22.7 Å². The molecule has 138 valence electrons. The zero-order valence-corrected chi connectivity index (χ0v) is 14.2. The Balaban J connectivity index is 1.70. The fourth-order valence-corrected chi connectivity index (χ4v) is 3.51. The van der Waals surface area contributed by atoms with E-state index in [2.05, 4.69) is 10.6 Å². The summed E-state index contributed by atoms with van der Waals surface area (Å²) in [6.07, 6.45) is -1.63. The molecule has 1 heterocycles. The maximum Gasteiger partial charge on any atom is 0.416 e. The monoisotopic (exact) mass is 356 g/mol. The molecule has 2 N–H and O–H groups in total. The zero-order valence-electron chi connectivity index (χ0n) is 14.2. The molecule has 3 rings (SSSR count). The lowest BCUT2D eigenvalue weighted by molar-refractivity contribution is -0.146. The van der Waals surface area contributed by atoms with Gasteiger partial charge in [-0.1, -0.05) is 18.2 Å². The molecule has 1 saturated carbocycles. The Morgan fingerprint density at radius 2 is 1.92 bits per heavy atom. The quantitative estimate of drug-likeness (QED) is 0.853. The summed E-state index contributed by atoms with van der Waals surface area (Å²) in [6, 6.07) is 5.43. The van der Waals surface area contributed by atoms with E-state index in [1.54, 1.807) is 6.07 Å². The van der Waals surface area contributed by atoms with Crippen LogP contribution in [0.1, 0.15) is 36.8 Å². The molecule has 0 spiro atoms. The van der Waals surface area contributed by atoms with Crippen LogP contribution in [-0.4, -0.2) is 38.3 Å². The molecule has 0 atom stereocenters. The fraction of sp³-hybridized carbons (Fsp3) is 0.611. The second-order valence-electron chi connectivity index (χ2n) is 6.99. The van der Waals surface area contributed by atoms with Gasteiger partial charge in [0.05, 0.1) is 5.56 Å². The second kappa shape index (κ2) is 6.61. The van der Waals surface area contributed by atoms with Gasteiger partial charge in [-0.2, -0.15) is 13.2 Å². The van der Waals surface area contributed by atoms with E-state index in [0.29, 0.717) is 38.0 Å². The van der Waals surface area contributed by atoms with Crippen molar-refractivity contribution >= 4 is 5.91 Å². The topological polar surface area (TPSA) is 50.4 Å². The minimum atomic E-state index is -4.36. The SMILES string of the molecule is COC1(C(=O)NCC2(c3cccc(C(F)(F)F)c3)CC2)CCNCC1. The molecule has 7 heteroatoms. The first-order valence-electron chi connectivity index (χ1n) is 8.53. The average molecular weight is 356 g/mol. The van der Waals surface area contributed by atoms with Gasteiger partial charge in [0.15, 0.2) is 0 Å². The lowest BCUT2D eigenvalue weighted by Crippen LogP contribution is -2.55. The molecule has 2 fully saturated rings. The largest absolute Gasteiger partial charge is 0.416 e. The molecule has 1 aliphatic heterocycles. The zero-order chi connectivity index (χ0) is 18.1. The van der Waals surface area contributed by atoms with Crippen molar-refractivity contribution in [1.29, 1.82) is 0 Å². The molecule has 25 heavy (non-hydrogen) atoms. The number of hydrogen-bond donors (Lipinski definition) is 2. The van der Waals surface area contributed by atoms with Crippen molar-refractivity contribution in [2.24, 2.45) is 0 Å². The number of halogens is 3. The van der Waals surface area contributed by atoms with Gasteiger partial charge in [0.25, 0.3) is 5.91 Å². The number of hydrogen-bond acceptors (Lipinski definition) is 3. The minimum absolute atomic E-state index is 0.172. The molecule has 0 aromatic heterocycles. The van der Waals surface area contributed by atoms with Gasteiger partial charge in [-0.05, 0) is 50.4 Å². The van der Waals surface area contributed by atoms with Gasteiger partial charge in [0.1, 0.15) is 5.60 Å². The maximum absolute atomic E-state index is 12.9. The highest BCUT2D eigenvalue weighted by Crippen LogP contribution is 2.48. The lowest BCUT2D eigenvalue weighted by atomic mass is 9.90. The van der Waals surface area contributed by atoms with E-state index in [4.69, 9.17) is 4.74 Å². The minimum Gasteiger partial charge on any atom is -0.368 e. The van der Waals surface area contributed by atoms with Gasteiger partial charge < -0.3 is 15.4 Å². The Hall–Kier alpha value is -1.60. The number of carbonyl (C=O) groups excluding carboxylic acids is 1. The molecular weight excluding hydrogens is 333 g/mol. The average Bonchev–Trinajstić information content (AvgIpc) is 3.41. The van der Waals surface area contributed by atoms with E-state index in [0.717, 1.165) is 18.9 Å². The van der Waals surface area contributed by atoms with Crippen LogP contribution >= 0.6 is 0 Å². The van der Waals surface area contributed by atoms with E-state index in [-0.39, 0.29) is 5.91 Å². The number of nitrogens with one attached hydrogen (secondary N) is 2.